The van der Waals surface area contributed by atoms with Crippen LogP contribution in [0.4, 0.5) is 0 Å². The Bertz CT molecular complexity index is 627. The largest absolute Gasteiger partial charge is 0.388 e. The maximum absolute atomic E-state index is 11.9. The van der Waals surface area contributed by atoms with Crippen molar-refractivity contribution in [3.8, 4) is 6.07 Å². The van der Waals surface area contributed by atoms with Crippen LogP contribution in [0.1, 0.15) is 30.4 Å². The Morgan fingerprint density at radius 1 is 1.52 bits per heavy atom. The minimum absolute atomic E-state index is 0.0641. The quantitative estimate of drug-likeness (QED) is 0.914. The molecule has 124 valence electrons. The number of piperidine rings is 1. The molecule has 23 heavy (non-hydrogen) atoms. The maximum Gasteiger partial charge on any atom is 0.224 e. The predicted molar refractivity (Wildman–Crippen MR) is 88.9 cm³/mol. The second-order valence-electron chi connectivity index (χ2n) is 6.42. The number of amides is 1. The summed E-state index contributed by atoms with van der Waals surface area (Å²) in [5.41, 5.74) is 0.470. The molecule has 0 aromatic heterocycles. The van der Waals surface area contributed by atoms with E-state index in [1.165, 1.54) is 4.90 Å². The molecule has 1 fully saturated rings. The Morgan fingerprint density at radius 3 is 2.87 bits per heavy atom. The molecular weight excluding hydrogens is 314 g/mol. The van der Waals surface area contributed by atoms with Gasteiger partial charge in [-0.15, -0.1) is 0 Å². The second kappa shape index (κ2) is 7.31. The van der Waals surface area contributed by atoms with Crippen LogP contribution in [0.5, 0.6) is 0 Å². The molecule has 0 radical (unpaired) electrons. The van der Waals surface area contributed by atoms with Crippen LogP contribution in [0.25, 0.3) is 0 Å². The molecule has 1 aromatic carbocycles. The standard InChI is InChI=1S/C17H22ClN3O2/c1-20(2)16(22)9-17(23)6-3-7-21(12-17)11-14-5-4-13(10-19)8-15(14)18/h4-5,8,23H,3,6-7,9,11-12H2,1-2H3. The highest BCUT2D eigenvalue weighted by atomic mass is 35.5. The lowest BCUT2D eigenvalue weighted by atomic mass is 9.89. The van der Waals surface area contributed by atoms with Gasteiger partial charge in [-0.1, -0.05) is 17.7 Å². The first kappa shape index (κ1) is 17.7. The number of aliphatic hydroxyl groups is 1. The summed E-state index contributed by atoms with van der Waals surface area (Å²) in [5, 5.41) is 20.2. The van der Waals surface area contributed by atoms with Gasteiger partial charge >= 0.3 is 0 Å². The van der Waals surface area contributed by atoms with Crippen LogP contribution in [-0.2, 0) is 11.3 Å². The highest BCUT2D eigenvalue weighted by Gasteiger charge is 2.35. The van der Waals surface area contributed by atoms with Crippen molar-refractivity contribution in [2.45, 2.75) is 31.4 Å². The zero-order chi connectivity index (χ0) is 17.0. The molecule has 1 N–H and O–H groups in total. The molecule has 6 heteroatoms. The van der Waals surface area contributed by atoms with Crippen molar-refractivity contribution in [2.75, 3.05) is 27.2 Å². The van der Waals surface area contributed by atoms with Crippen LogP contribution in [-0.4, -0.2) is 53.6 Å². The second-order valence-corrected chi connectivity index (χ2v) is 6.83. The molecule has 1 aromatic rings. The van der Waals surface area contributed by atoms with Gasteiger partial charge in [-0.05, 0) is 37.1 Å². The van der Waals surface area contributed by atoms with Crippen molar-refractivity contribution in [1.82, 2.24) is 9.80 Å². The normalized spacial score (nSPS) is 21.7. The Hall–Kier alpha value is -1.61. The molecule has 1 heterocycles. The molecule has 0 spiro atoms. The van der Waals surface area contributed by atoms with Crippen LogP contribution in [0, 0.1) is 11.3 Å². The fourth-order valence-corrected chi connectivity index (χ4v) is 3.15. The molecule has 0 saturated carbocycles. The van der Waals surface area contributed by atoms with Crippen molar-refractivity contribution in [3.05, 3.63) is 34.3 Å². The van der Waals surface area contributed by atoms with Crippen LogP contribution >= 0.6 is 11.6 Å². The molecule has 1 aliphatic rings. The summed E-state index contributed by atoms with van der Waals surface area (Å²) in [4.78, 5) is 15.5. The van der Waals surface area contributed by atoms with Gasteiger partial charge in [-0.25, -0.2) is 0 Å². The third-order valence-corrected chi connectivity index (χ3v) is 4.54. The smallest absolute Gasteiger partial charge is 0.224 e. The fourth-order valence-electron chi connectivity index (χ4n) is 2.91. The van der Waals surface area contributed by atoms with Gasteiger partial charge < -0.3 is 10.0 Å². The number of hydrogen-bond acceptors (Lipinski definition) is 4. The zero-order valence-electron chi connectivity index (χ0n) is 13.5. The van der Waals surface area contributed by atoms with E-state index < -0.39 is 5.60 Å². The van der Waals surface area contributed by atoms with E-state index in [1.807, 2.05) is 6.07 Å². The number of β-amino-alcohol motifs (C(OH)–C–C–N with tert-alkyl or cyclic N) is 1. The van der Waals surface area contributed by atoms with E-state index in [4.69, 9.17) is 16.9 Å². The molecule has 0 bridgehead atoms. The summed E-state index contributed by atoms with van der Waals surface area (Å²) in [6.07, 6.45) is 1.60. The van der Waals surface area contributed by atoms with E-state index in [9.17, 15) is 9.90 Å². The number of likely N-dealkylation sites (tertiary alicyclic amines) is 1. The summed E-state index contributed by atoms with van der Waals surface area (Å²) in [6.45, 7) is 1.90. The Labute approximate surface area is 142 Å². The number of nitrogens with zero attached hydrogens (tertiary/aromatic N) is 3. The highest BCUT2D eigenvalue weighted by molar-refractivity contribution is 6.31. The van der Waals surface area contributed by atoms with E-state index in [2.05, 4.69) is 11.0 Å². The first-order valence-corrected chi connectivity index (χ1v) is 8.04. The van der Waals surface area contributed by atoms with E-state index in [-0.39, 0.29) is 12.3 Å². The number of hydrogen-bond donors (Lipinski definition) is 1. The third-order valence-electron chi connectivity index (χ3n) is 4.19. The van der Waals surface area contributed by atoms with Gasteiger partial charge in [0.15, 0.2) is 0 Å². The van der Waals surface area contributed by atoms with Gasteiger partial charge in [0.2, 0.25) is 5.91 Å². The van der Waals surface area contributed by atoms with Gasteiger partial charge in [-0.2, -0.15) is 5.26 Å². The summed E-state index contributed by atoms with van der Waals surface area (Å²) >= 11 is 6.22. The number of carbonyl (C=O) groups excluding carboxylic acids is 1. The highest BCUT2D eigenvalue weighted by Crippen LogP contribution is 2.27. The van der Waals surface area contributed by atoms with Crippen LogP contribution in [0.3, 0.4) is 0 Å². The van der Waals surface area contributed by atoms with Crippen LogP contribution in [0.2, 0.25) is 5.02 Å². The average Bonchev–Trinajstić information content (AvgIpc) is 2.48. The summed E-state index contributed by atoms with van der Waals surface area (Å²) in [5.74, 6) is -0.0641. The van der Waals surface area contributed by atoms with Crippen molar-refractivity contribution in [1.29, 1.82) is 5.26 Å². The van der Waals surface area contributed by atoms with Gasteiger partial charge in [0.05, 0.1) is 23.7 Å². The Morgan fingerprint density at radius 2 is 2.26 bits per heavy atom. The number of benzene rings is 1. The molecule has 1 atom stereocenters. The monoisotopic (exact) mass is 335 g/mol. The molecule has 1 unspecified atom stereocenters. The first-order valence-electron chi connectivity index (χ1n) is 7.66. The van der Waals surface area contributed by atoms with Crippen molar-refractivity contribution < 1.29 is 9.90 Å². The SMILES string of the molecule is CN(C)C(=O)CC1(O)CCCN(Cc2ccc(C#N)cc2Cl)C1. The van der Waals surface area contributed by atoms with E-state index in [0.29, 0.717) is 30.1 Å². The third kappa shape index (κ3) is 4.68. The lowest BCUT2D eigenvalue weighted by molar-refractivity contribution is -0.136. The Balaban J connectivity index is 2.04. The summed E-state index contributed by atoms with van der Waals surface area (Å²) in [6, 6.07) is 7.31. The minimum atomic E-state index is -0.987. The summed E-state index contributed by atoms with van der Waals surface area (Å²) in [7, 11) is 3.39. The number of carbonyl (C=O) groups is 1. The minimum Gasteiger partial charge on any atom is -0.388 e. The summed E-state index contributed by atoms with van der Waals surface area (Å²) < 4.78 is 0. The predicted octanol–water partition coefficient (Wildman–Crippen LogP) is 2.02. The molecule has 1 saturated heterocycles. The van der Waals surface area contributed by atoms with Crippen molar-refractivity contribution >= 4 is 17.5 Å². The van der Waals surface area contributed by atoms with Gasteiger partial charge in [0.25, 0.3) is 0 Å². The Kier molecular flexibility index (Phi) is 5.64. The lowest BCUT2D eigenvalue weighted by Gasteiger charge is -2.39. The molecule has 0 aliphatic carbocycles. The molecule has 5 nitrogen and oxygen atoms in total. The number of nitriles is 1. The molecule has 2 rings (SSSR count). The average molecular weight is 336 g/mol. The molecular formula is C17H22ClN3O2. The van der Waals surface area contributed by atoms with Crippen LogP contribution in [0.15, 0.2) is 18.2 Å². The van der Waals surface area contributed by atoms with Gasteiger partial charge in [0.1, 0.15) is 0 Å². The fraction of sp³-hybridized carbons (Fsp3) is 0.529. The van der Waals surface area contributed by atoms with E-state index in [1.54, 1.807) is 26.2 Å². The van der Waals surface area contributed by atoms with Crippen LogP contribution < -0.4 is 0 Å². The lowest BCUT2D eigenvalue weighted by Crippen LogP contribution is -2.50. The zero-order valence-corrected chi connectivity index (χ0v) is 14.3. The van der Waals surface area contributed by atoms with Gasteiger partial charge in [0, 0.05) is 32.2 Å². The van der Waals surface area contributed by atoms with Crippen molar-refractivity contribution in [3.63, 3.8) is 0 Å². The molecule has 1 amide bonds. The van der Waals surface area contributed by atoms with Gasteiger partial charge in [-0.3, -0.25) is 9.69 Å². The number of rotatable bonds is 4. The molecule has 1 aliphatic heterocycles. The first-order chi connectivity index (χ1) is 10.8. The van der Waals surface area contributed by atoms with Crippen molar-refractivity contribution in [2.24, 2.45) is 0 Å². The van der Waals surface area contributed by atoms with E-state index in [0.717, 1.165) is 18.5 Å². The maximum atomic E-state index is 11.9. The topological polar surface area (TPSA) is 67.6 Å². The van der Waals surface area contributed by atoms with E-state index >= 15 is 0 Å². The number of halogens is 1.